The molecule has 1 aromatic heterocycles. The second-order valence-electron chi connectivity index (χ2n) is 6.41. The molecule has 0 spiro atoms. The van der Waals surface area contributed by atoms with E-state index in [1.165, 1.54) is 16.8 Å². The predicted molar refractivity (Wildman–Crippen MR) is 112 cm³/mol. The van der Waals surface area contributed by atoms with Crippen molar-refractivity contribution in [2.75, 3.05) is 13.6 Å². The van der Waals surface area contributed by atoms with Crippen LogP contribution in [-0.2, 0) is 31.4 Å². The van der Waals surface area contributed by atoms with Crippen LogP contribution in [0.2, 0.25) is 0 Å². The van der Waals surface area contributed by atoms with Crippen molar-refractivity contribution in [2.45, 2.75) is 13.0 Å². The summed E-state index contributed by atoms with van der Waals surface area (Å²) < 4.78 is 2.18. The van der Waals surface area contributed by atoms with Crippen LogP contribution in [0, 0.1) is 0 Å². The second-order valence-corrected chi connectivity index (χ2v) is 12.7. The Hall–Kier alpha value is -1.06. The summed E-state index contributed by atoms with van der Waals surface area (Å²) in [6.45, 7) is 1.69. The van der Waals surface area contributed by atoms with Crippen molar-refractivity contribution in [2.24, 2.45) is 12.0 Å². The number of aromatic nitrogens is 2. The normalized spacial score (nSPS) is 12.9. The van der Waals surface area contributed by atoms with E-state index in [0.717, 1.165) is 36.5 Å². The molecule has 0 amide bonds. The molecule has 1 aliphatic rings. The van der Waals surface area contributed by atoms with Crippen LogP contribution in [0.1, 0.15) is 11.4 Å². The van der Waals surface area contributed by atoms with Crippen LogP contribution in [0.25, 0.3) is 11.0 Å². The topological polar surface area (TPSA) is 33.4 Å². The Morgan fingerprint density at radius 1 is 1.04 bits per heavy atom. The van der Waals surface area contributed by atoms with Crippen LogP contribution >= 0.6 is 30.1 Å². The fourth-order valence-corrected chi connectivity index (χ4v) is 3.24. The molecular formula is C19H20Cl3CrN4+. The summed E-state index contributed by atoms with van der Waals surface area (Å²) in [6.07, 6.45) is 0.961. The molecule has 4 nitrogen and oxygen atoms in total. The summed E-state index contributed by atoms with van der Waals surface area (Å²) in [6, 6.07) is 16.7. The first-order valence-corrected chi connectivity index (χ1v) is 13.7. The van der Waals surface area contributed by atoms with E-state index in [-0.39, 0.29) is 0 Å². The van der Waals surface area contributed by atoms with E-state index in [0.29, 0.717) is 0 Å². The molecule has 1 aliphatic heterocycles. The quantitative estimate of drug-likeness (QED) is 0.520. The number of nitrogens with zero attached hydrogens (tertiary/aromatic N) is 4. The number of imidazole rings is 1. The van der Waals surface area contributed by atoms with Crippen LogP contribution in [0.3, 0.4) is 0 Å². The average Bonchev–Trinajstić information content (AvgIpc) is 3.15. The Morgan fingerprint density at radius 2 is 1.70 bits per heavy atom. The molecule has 0 unspecified atom stereocenters. The zero-order valence-electron chi connectivity index (χ0n) is 15.1. The summed E-state index contributed by atoms with van der Waals surface area (Å²) in [5, 5.41) is 0. The van der Waals surface area contributed by atoms with E-state index in [4.69, 9.17) is 40.1 Å². The molecule has 0 atom stereocenters. The first-order valence-electron chi connectivity index (χ1n) is 8.40. The van der Waals surface area contributed by atoms with Gasteiger partial charge in [-0.15, -0.1) is 0 Å². The third kappa shape index (κ3) is 5.48. The number of aliphatic imine (C=N–C) groups is 1. The number of hydrogen-bond donors (Lipinski definition) is 0. The Morgan fingerprint density at radius 3 is 2.41 bits per heavy atom. The van der Waals surface area contributed by atoms with Crippen molar-refractivity contribution in [3.05, 3.63) is 59.9 Å². The van der Waals surface area contributed by atoms with Gasteiger partial charge in [0.15, 0.2) is 0 Å². The number of hydrogen-bond acceptors (Lipinski definition) is 3. The number of fused-ring (bicyclic) bond motifs is 2. The standard InChI is InChI=1S/C19H20N4.3ClH.Cr/c1-22(12-15-11-14-7-3-4-8-16(14)20-15)13-19-21-17-9-5-6-10-18(17)23(19)2;;;;/h3-10H,11-13H2,1-2H3;3*1H;/q;;;;+4/p-3. The second kappa shape index (κ2) is 9.43. The monoisotopic (exact) mass is 461 g/mol. The molecule has 0 radical (unpaired) electrons. The molecule has 0 N–H and O–H groups in total. The van der Waals surface area contributed by atoms with Gasteiger partial charge in [-0.1, -0.05) is 30.3 Å². The molecule has 0 saturated heterocycles. The number of halogens is 3. The molecule has 4 rings (SSSR count). The Balaban J connectivity index is 0.000000481. The summed E-state index contributed by atoms with van der Waals surface area (Å²) >= 11 is -1.62. The molecule has 0 aliphatic carbocycles. The van der Waals surface area contributed by atoms with Gasteiger partial charge in [0.05, 0.1) is 23.3 Å². The van der Waals surface area contributed by atoms with Gasteiger partial charge in [-0.05, 0) is 30.8 Å². The Labute approximate surface area is 176 Å². The average molecular weight is 463 g/mol. The van der Waals surface area contributed by atoms with Crippen molar-refractivity contribution >= 4 is 52.6 Å². The van der Waals surface area contributed by atoms with E-state index in [1.807, 2.05) is 6.07 Å². The summed E-state index contributed by atoms with van der Waals surface area (Å²) in [5.74, 6) is 1.09. The van der Waals surface area contributed by atoms with E-state index in [9.17, 15) is 0 Å². The van der Waals surface area contributed by atoms with Gasteiger partial charge in [0, 0.05) is 25.7 Å². The molecule has 2 aromatic carbocycles. The number of para-hydroxylation sites is 3. The van der Waals surface area contributed by atoms with Crippen molar-refractivity contribution < 1.29 is 11.4 Å². The van der Waals surface area contributed by atoms with E-state index in [1.54, 1.807) is 0 Å². The Bertz CT molecular complexity index is 952. The molecule has 2 heterocycles. The minimum atomic E-state index is -1.62. The summed E-state index contributed by atoms with van der Waals surface area (Å²) in [4.78, 5) is 11.8. The van der Waals surface area contributed by atoms with Gasteiger partial charge in [0.1, 0.15) is 5.82 Å². The van der Waals surface area contributed by atoms with Crippen LogP contribution in [0.4, 0.5) is 5.69 Å². The number of aryl methyl sites for hydroxylation is 1. The van der Waals surface area contributed by atoms with Gasteiger partial charge in [-0.2, -0.15) is 0 Å². The first-order chi connectivity index (χ1) is 12.9. The van der Waals surface area contributed by atoms with Crippen LogP contribution in [0.15, 0.2) is 53.5 Å². The minimum absolute atomic E-state index is 0.820. The van der Waals surface area contributed by atoms with Gasteiger partial charge in [0.2, 0.25) is 0 Å². The fraction of sp³-hybridized carbons (Fsp3) is 0.263. The van der Waals surface area contributed by atoms with Crippen LogP contribution in [0.5, 0.6) is 0 Å². The van der Waals surface area contributed by atoms with E-state index < -0.39 is 11.4 Å². The van der Waals surface area contributed by atoms with Gasteiger partial charge >= 0.3 is 41.5 Å². The third-order valence-electron chi connectivity index (χ3n) is 4.41. The number of benzene rings is 2. The maximum atomic E-state index is 4.93. The van der Waals surface area contributed by atoms with Crippen molar-refractivity contribution in [1.82, 2.24) is 14.5 Å². The van der Waals surface area contributed by atoms with Gasteiger partial charge in [-0.3, -0.25) is 9.89 Å². The SMILES string of the molecule is CN(CC1=Nc2ccccc2C1)Cc1nc2ccccc2n1C.[Cl][Cr+]([Cl])[Cl]. The van der Waals surface area contributed by atoms with Crippen LogP contribution in [-0.4, -0.2) is 33.8 Å². The Kier molecular flexibility index (Phi) is 7.22. The molecule has 0 bridgehead atoms. The van der Waals surface area contributed by atoms with E-state index in [2.05, 4.69) is 66.0 Å². The molecule has 3 aromatic rings. The molecular weight excluding hydrogens is 443 g/mol. The molecule has 27 heavy (non-hydrogen) atoms. The van der Waals surface area contributed by atoms with Crippen molar-refractivity contribution in [1.29, 1.82) is 0 Å². The van der Waals surface area contributed by atoms with Gasteiger partial charge in [-0.25, -0.2) is 4.98 Å². The van der Waals surface area contributed by atoms with Crippen molar-refractivity contribution in [3.8, 4) is 0 Å². The zero-order chi connectivity index (χ0) is 19.4. The van der Waals surface area contributed by atoms with Gasteiger partial charge < -0.3 is 4.57 Å². The third-order valence-corrected chi connectivity index (χ3v) is 4.41. The molecule has 142 valence electrons. The van der Waals surface area contributed by atoms with Crippen molar-refractivity contribution in [3.63, 3.8) is 0 Å². The molecule has 8 heteroatoms. The molecule has 0 fully saturated rings. The predicted octanol–water partition coefficient (Wildman–Crippen LogP) is 5.40. The molecule has 0 saturated carbocycles. The van der Waals surface area contributed by atoms with E-state index >= 15 is 0 Å². The fourth-order valence-electron chi connectivity index (χ4n) is 3.24. The maximum absolute atomic E-state index is 4.93. The van der Waals surface area contributed by atoms with Crippen LogP contribution < -0.4 is 0 Å². The summed E-state index contributed by atoms with van der Waals surface area (Å²) in [7, 11) is 19.0. The van der Waals surface area contributed by atoms with Gasteiger partial charge in [0.25, 0.3) is 0 Å². The summed E-state index contributed by atoms with van der Waals surface area (Å²) in [5.41, 5.74) is 5.93. The zero-order valence-corrected chi connectivity index (χ0v) is 18.6. The number of rotatable bonds is 4. The first kappa shape index (κ1) is 20.7.